The van der Waals surface area contributed by atoms with Crippen molar-refractivity contribution in [3.63, 3.8) is 0 Å². The number of hydrogen-bond donors (Lipinski definition) is 2. The lowest BCUT2D eigenvalue weighted by Gasteiger charge is -2.29. The Balaban J connectivity index is 1.66. The number of pyridine rings is 1. The minimum Gasteiger partial charge on any atom is -0.508 e. The Morgan fingerprint density at radius 3 is 2.33 bits per heavy atom. The highest BCUT2D eigenvalue weighted by molar-refractivity contribution is 7.80. The second-order valence-corrected chi connectivity index (χ2v) is 7.54. The zero-order chi connectivity index (χ0) is 20.5. The summed E-state index contributed by atoms with van der Waals surface area (Å²) in [4.78, 5) is 6.76. The number of para-hydroxylation sites is 1. The van der Waals surface area contributed by atoms with Gasteiger partial charge in [-0.15, -0.1) is 0 Å². The molecule has 2 aromatic carbocycles. The van der Waals surface area contributed by atoms with Gasteiger partial charge in [0, 0.05) is 29.5 Å². The Bertz CT molecular complexity index is 1160. The van der Waals surface area contributed by atoms with E-state index in [0.717, 1.165) is 22.8 Å². The summed E-state index contributed by atoms with van der Waals surface area (Å²) in [7, 11) is 0. The van der Waals surface area contributed by atoms with Gasteiger partial charge in [-0.05, 0) is 72.9 Å². The van der Waals surface area contributed by atoms with Crippen LogP contribution in [-0.4, -0.2) is 19.8 Å². The second-order valence-electron chi connectivity index (χ2n) is 7.15. The second kappa shape index (κ2) is 7.65. The van der Waals surface area contributed by atoms with Gasteiger partial charge in [0.2, 0.25) is 0 Å². The van der Waals surface area contributed by atoms with Gasteiger partial charge in [-0.25, -0.2) is 0 Å². The molecule has 0 radical (unpaired) electrons. The summed E-state index contributed by atoms with van der Waals surface area (Å²) < 4.78 is 2.13. The standard InChI is InChI=1S/C24H20N4OS/c29-19-13-11-17(12-14-19)27-16-6-10-21(27)23-22(20-9-4-5-15-25-20)26-24(30)28(23)18-7-2-1-3-8-18/h1-16,22-23,29H,(H,26,30)/t22-,23+/m1/s1. The quantitative estimate of drug-likeness (QED) is 0.474. The van der Waals surface area contributed by atoms with Gasteiger partial charge in [-0.1, -0.05) is 24.3 Å². The van der Waals surface area contributed by atoms with Gasteiger partial charge >= 0.3 is 0 Å². The molecule has 5 rings (SSSR count). The molecule has 3 heterocycles. The number of anilines is 1. The van der Waals surface area contributed by atoms with Crippen molar-refractivity contribution in [1.82, 2.24) is 14.9 Å². The minimum atomic E-state index is -0.107. The van der Waals surface area contributed by atoms with E-state index in [4.69, 9.17) is 12.2 Å². The molecule has 30 heavy (non-hydrogen) atoms. The summed E-state index contributed by atoms with van der Waals surface area (Å²) in [5.74, 6) is 0.244. The average Bonchev–Trinajstić information content (AvgIpc) is 3.40. The minimum absolute atomic E-state index is 0.0985. The van der Waals surface area contributed by atoms with Gasteiger partial charge in [-0.2, -0.15) is 0 Å². The molecular formula is C24H20N4OS. The van der Waals surface area contributed by atoms with E-state index in [2.05, 4.69) is 38.0 Å². The number of nitrogens with zero attached hydrogens (tertiary/aromatic N) is 3. The fraction of sp³-hybridized carbons (Fsp3) is 0.0833. The van der Waals surface area contributed by atoms with Crippen molar-refractivity contribution in [1.29, 1.82) is 0 Å². The van der Waals surface area contributed by atoms with Gasteiger partial charge in [0.25, 0.3) is 0 Å². The van der Waals surface area contributed by atoms with Crippen LogP contribution in [0, 0.1) is 0 Å². The average molecular weight is 413 g/mol. The van der Waals surface area contributed by atoms with Crippen LogP contribution in [0.15, 0.2) is 97.3 Å². The SMILES string of the molecule is Oc1ccc(-n2cccc2[C@H]2[C@@H](c3ccccn3)NC(=S)N2c2ccccc2)cc1. The molecule has 1 aliphatic rings. The zero-order valence-corrected chi connectivity index (χ0v) is 16.9. The van der Waals surface area contributed by atoms with Crippen molar-refractivity contribution in [2.24, 2.45) is 0 Å². The first-order valence-corrected chi connectivity index (χ1v) is 10.2. The van der Waals surface area contributed by atoms with Crippen LogP contribution in [0.25, 0.3) is 5.69 Å². The van der Waals surface area contributed by atoms with Gasteiger partial charge in [0.1, 0.15) is 11.8 Å². The Morgan fingerprint density at radius 1 is 0.833 bits per heavy atom. The maximum absolute atomic E-state index is 9.70. The van der Waals surface area contributed by atoms with Crippen LogP contribution in [0.5, 0.6) is 5.75 Å². The smallest absolute Gasteiger partial charge is 0.174 e. The van der Waals surface area contributed by atoms with Crippen LogP contribution in [-0.2, 0) is 0 Å². The Kier molecular flexibility index (Phi) is 4.69. The number of phenolic OH excluding ortho intramolecular Hbond substituents is 1. The third-order valence-corrected chi connectivity index (χ3v) is 5.66. The first-order valence-electron chi connectivity index (χ1n) is 9.75. The Morgan fingerprint density at radius 2 is 1.60 bits per heavy atom. The van der Waals surface area contributed by atoms with Crippen LogP contribution in [0.3, 0.4) is 0 Å². The van der Waals surface area contributed by atoms with E-state index in [-0.39, 0.29) is 17.8 Å². The van der Waals surface area contributed by atoms with Crippen molar-refractivity contribution in [2.45, 2.75) is 12.1 Å². The molecule has 2 aromatic heterocycles. The molecule has 1 saturated heterocycles. The highest BCUT2D eigenvalue weighted by Gasteiger charge is 2.42. The molecule has 0 bridgehead atoms. The van der Waals surface area contributed by atoms with E-state index in [1.807, 2.05) is 60.8 Å². The predicted molar refractivity (Wildman–Crippen MR) is 122 cm³/mol. The van der Waals surface area contributed by atoms with Gasteiger partial charge in [0.15, 0.2) is 5.11 Å². The van der Waals surface area contributed by atoms with E-state index in [9.17, 15) is 5.11 Å². The Hall–Kier alpha value is -3.64. The number of rotatable bonds is 4. The first kappa shape index (κ1) is 18.4. The van der Waals surface area contributed by atoms with Gasteiger partial charge < -0.3 is 19.9 Å². The maximum Gasteiger partial charge on any atom is 0.174 e. The number of hydrogen-bond acceptors (Lipinski definition) is 3. The zero-order valence-electron chi connectivity index (χ0n) is 16.1. The predicted octanol–water partition coefficient (Wildman–Crippen LogP) is 4.76. The number of aromatic hydroxyl groups is 1. The van der Waals surface area contributed by atoms with E-state index in [0.29, 0.717) is 5.11 Å². The molecule has 148 valence electrons. The van der Waals surface area contributed by atoms with Crippen LogP contribution >= 0.6 is 12.2 Å². The van der Waals surface area contributed by atoms with E-state index in [1.54, 1.807) is 18.3 Å². The lowest BCUT2D eigenvalue weighted by molar-refractivity contribution is 0.475. The van der Waals surface area contributed by atoms with Crippen LogP contribution in [0.2, 0.25) is 0 Å². The molecule has 0 saturated carbocycles. The molecule has 2 atom stereocenters. The summed E-state index contributed by atoms with van der Waals surface area (Å²) in [5.41, 5.74) is 4.00. The lowest BCUT2D eigenvalue weighted by Crippen LogP contribution is -2.30. The number of phenols is 1. The molecule has 1 fully saturated rings. The van der Waals surface area contributed by atoms with Gasteiger partial charge in [-0.3, -0.25) is 4.98 Å². The third kappa shape index (κ3) is 3.21. The van der Waals surface area contributed by atoms with Crippen LogP contribution in [0.4, 0.5) is 5.69 Å². The van der Waals surface area contributed by atoms with Crippen molar-refractivity contribution in [3.05, 3.63) is 109 Å². The molecule has 0 aliphatic carbocycles. The number of nitrogens with one attached hydrogen (secondary N) is 1. The molecule has 0 unspecified atom stereocenters. The molecular weight excluding hydrogens is 392 g/mol. The summed E-state index contributed by atoms with van der Waals surface area (Å²) >= 11 is 5.77. The molecule has 5 nitrogen and oxygen atoms in total. The Labute approximate surface area is 180 Å². The fourth-order valence-corrected chi connectivity index (χ4v) is 4.35. The van der Waals surface area contributed by atoms with Gasteiger partial charge in [0.05, 0.1) is 11.7 Å². The highest BCUT2D eigenvalue weighted by Crippen LogP contribution is 2.42. The molecule has 2 N–H and O–H groups in total. The number of aromatic nitrogens is 2. The van der Waals surface area contributed by atoms with Crippen molar-refractivity contribution in [2.75, 3.05) is 4.90 Å². The summed E-state index contributed by atoms with van der Waals surface area (Å²) in [6, 6.07) is 27.2. The fourth-order valence-electron chi connectivity index (χ4n) is 4.01. The third-order valence-electron chi connectivity index (χ3n) is 5.34. The molecule has 0 spiro atoms. The van der Waals surface area contributed by atoms with E-state index in [1.165, 1.54) is 0 Å². The van der Waals surface area contributed by atoms with Crippen LogP contribution in [0.1, 0.15) is 23.5 Å². The van der Waals surface area contributed by atoms with Crippen molar-refractivity contribution < 1.29 is 5.11 Å². The maximum atomic E-state index is 9.70. The van der Waals surface area contributed by atoms with Crippen LogP contribution < -0.4 is 10.2 Å². The molecule has 4 aromatic rings. The van der Waals surface area contributed by atoms with Crippen molar-refractivity contribution >= 4 is 23.0 Å². The number of thiocarbonyl (C=S) groups is 1. The molecule has 1 aliphatic heterocycles. The molecule has 0 amide bonds. The van der Waals surface area contributed by atoms with E-state index < -0.39 is 0 Å². The summed E-state index contributed by atoms with van der Waals surface area (Å²) in [6.07, 6.45) is 3.84. The lowest BCUT2D eigenvalue weighted by atomic mass is 10.0. The summed E-state index contributed by atoms with van der Waals surface area (Å²) in [5, 5.41) is 13.9. The highest BCUT2D eigenvalue weighted by atomic mass is 32.1. The molecule has 6 heteroatoms. The van der Waals surface area contributed by atoms with Crippen molar-refractivity contribution in [3.8, 4) is 11.4 Å². The normalized spacial score (nSPS) is 18.4. The largest absolute Gasteiger partial charge is 0.508 e. The first-order chi connectivity index (χ1) is 14.7. The number of benzene rings is 2. The summed E-state index contributed by atoms with van der Waals surface area (Å²) in [6.45, 7) is 0. The van der Waals surface area contributed by atoms with E-state index >= 15 is 0 Å². The topological polar surface area (TPSA) is 53.3 Å². The monoisotopic (exact) mass is 412 g/mol.